The molecule has 4 atom stereocenters. The second-order valence-electron chi connectivity index (χ2n) is 5.73. The summed E-state index contributed by atoms with van der Waals surface area (Å²) in [5.74, 6) is -0.328. The topological polar surface area (TPSA) is 46.5 Å². The number of ether oxygens (including phenoxy) is 1. The lowest BCUT2D eigenvalue weighted by atomic mass is 9.77. The van der Waals surface area contributed by atoms with Gasteiger partial charge in [-0.05, 0) is 33.6 Å². The Morgan fingerprint density at radius 2 is 2.28 bits per heavy atom. The number of esters is 1. The van der Waals surface area contributed by atoms with Crippen molar-refractivity contribution >= 4 is 5.97 Å². The molecule has 0 aromatic heterocycles. The van der Waals surface area contributed by atoms with Gasteiger partial charge in [-0.25, -0.2) is 0 Å². The summed E-state index contributed by atoms with van der Waals surface area (Å²) in [7, 11) is 0. The van der Waals surface area contributed by atoms with Gasteiger partial charge in [0.1, 0.15) is 6.10 Å². The molecule has 1 heterocycles. The summed E-state index contributed by atoms with van der Waals surface area (Å²) >= 11 is 0. The van der Waals surface area contributed by atoms with Crippen molar-refractivity contribution in [2.75, 3.05) is 0 Å². The van der Waals surface area contributed by atoms with Gasteiger partial charge in [0, 0.05) is 12.3 Å². The van der Waals surface area contributed by atoms with Gasteiger partial charge in [-0.3, -0.25) is 4.79 Å². The quantitative estimate of drug-likeness (QED) is 0.618. The summed E-state index contributed by atoms with van der Waals surface area (Å²) in [6.07, 6.45) is 5.78. The van der Waals surface area contributed by atoms with Crippen LogP contribution in [0.1, 0.15) is 40.0 Å². The smallest absolute Gasteiger partial charge is 0.309 e. The molecule has 100 valence electrons. The van der Waals surface area contributed by atoms with Gasteiger partial charge in [0.2, 0.25) is 0 Å². The van der Waals surface area contributed by atoms with Crippen LogP contribution < -0.4 is 0 Å². The number of allylic oxidation sites excluding steroid dienone is 2. The van der Waals surface area contributed by atoms with E-state index in [1.165, 1.54) is 5.57 Å². The number of aliphatic hydroxyl groups excluding tert-OH is 1. The predicted octanol–water partition coefficient (Wildman–Crippen LogP) is 2.60. The highest BCUT2D eigenvalue weighted by Crippen LogP contribution is 2.40. The molecule has 3 nitrogen and oxygen atoms in total. The number of hydrogen-bond acceptors (Lipinski definition) is 3. The average molecular weight is 250 g/mol. The van der Waals surface area contributed by atoms with Crippen LogP contribution in [0.5, 0.6) is 0 Å². The summed E-state index contributed by atoms with van der Waals surface area (Å²) in [6.45, 7) is 6.08. The van der Waals surface area contributed by atoms with Crippen LogP contribution in [0.2, 0.25) is 0 Å². The van der Waals surface area contributed by atoms with Gasteiger partial charge in [-0.2, -0.15) is 0 Å². The van der Waals surface area contributed by atoms with Gasteiger partial charge in [-0.1, -0.05) is 23.3 Å². The second-order valence-corrected chi connectivity index (χ2v) is 5.73. The minimum Gasteiger partial charge on any atom is -0.461 e. The fourth-order valence-corrected chi connectivity index (χ4v) is 3.02. The minimum atomic E-state index is -0.535. The predicted molar refractivity (Wildman–Crippen MR) is 69.9 cm³/mol. The molecular formula is C15H22O3. The molecular weight excluding hydrogens is 228 g/mol. The Hall–Kier alpha value is -1.09. The molecule has 0 amide bonds. The van der Waals surface area contributed by atoms with E-state index in [-0.39, 0.29) is 23.9 Å². The van der Waals surface area contributed by atoms with E-state index in [9.17, 15) is 9.90 Å². The lowest BCUT2D eigenvalue weighted by Crippen LogP contribution is -2.35. The Balaban J connectivity index is 2.06. The Labute approximate surface area is 109 Å². The van der Waals surface area contributed by atoms with Crippen LogP contribution in [0.4, 0.5) is 0 Å². The van der Waals surface area contributed by atoms with Crippen molar-refractivity contribution in [3.05, 3.63) is 23.3 Å². The van der Waals surface area contributed by atoms with Crippen LogP contribution in [0.25, 0.3) is 0 Å². The fourth-order valence-electron chi connectivity index (χ4n) is 3.02. The van der Waals surface area contributed by atoms with E-state index < -0.39 is 6.10 Å². The Morgan fingerprint density at radius 1 is 1.56 bits per heavy atom. The highest BCUT2D eigenvalue weighted by molar-refractivity contribution is 5.75. The van der Waals surface area contributed by atoms with Crippen molar-refractivity contribution in [2.45, 2.75) is 52.2 Å². The molecule has 0 bridgehead atoms. The lowest BCUT2D eigenvalue weighted by Gasteiger charge is -2.28. The third-order valence-corrected chi connectivity index (χ3v) is 3.87. The van der Waals surface area contributed by atoms with E-state index in [1.807, 2.05) is 13.0 Å². The molecule has 1 saturated heterocycles. The van der Waals surface area contributed by atoms with E-state index in [0.717, 1.165) is 24.8 Å². The summed E-state index contributed by atoms with van der Waals surface area (Å²) in [6, 6.07) is 0. The molecule has 2 rings (SSSR count). The van der Waals surface area contributed by atoms with E-state index in [1.54, 1.807) is 0 Å². The van der Waals surface area contributed by atoms with Gasteiger partial charge in [0.25, 0.3) is 0 Å². The van der Waals surface area contributed by atoms with Crippen LogP contribution in [0.15, 0.2) is 23.3 Å². The van der Waals surface area contributed by atoms with E-state index in [0.29, 0.717) is 0 Å². The summed E-state index contributed by atoms with van der Waals surface area (Å²) in [4.78, 5) is 11.9. The fraction of sp³-hybridized carbons (Fsp3) is 0.667. The molecule has 18 heavy (non-hydrogen) atoms. The Kier molecular flexibility index (Phi) is 3.91. The number of carbonyl (C=O) groups is 1. The van der Waals surface area contributed by atoms with Crippen molar-refractivity contribution in [3.8, 4) is 0 Å². The monoisotopic (exact) mass is 250 g/mol. The van der Waals surface area contributed by atoms with E-state index in [2.05, 4.69) is 19.9 Å². The molecule has 0 spiro atoms. The molecule has 0 radical (unpaired) electrons. The van der Waals surface area contributed by atoms with E-state index in [4.69, 9.17) is 4.74 Å². The van der Waals surface area contributed by atoms with Crippen molar-refractivity contribution in [2.24, 2.45) is 11.8 Å². The minimum absolute atomic E-state index is 0.0493. The van der Waals surface area contributed by atoms with Gasteiger partial charge >= 0.3 is 5.97 Å². The van der Waals surface area contributed by atoms with Crippen LogP contribution >= 0.6 is 0 Å². The van der Waals surface area contributed by atoms with Crippen molar-refractivity contribution in [1.82, 2.24) is 0 Å². The molecule has 0 aromatic carbocycles. The summed E-state index contributed by atoms with van der Waals surface area (Å²) in [5.41, 5.74) is 2.37. The first-order chi connectivity index (χ1) is 8.49. The standard InChI is InChI=1S/C15H22O3/c1-9(2)5-4-6-11-14-12(16)7-10(3)8-13(14)18-15(11)17/h5,7,11-14,16H,4,6,8H2,1-3H3/t11-,12+,13-,14+/m0/s1. The number of carbonyl (C=O) groups excluding carboxylic acids is 1. The van der Waals surface area contributed by atoms with Gasteiger partial charge in [0.15, 0.2) is 0 Å². The SMILES string of the molecule is CC(C)=CCC[C@@H]1C(=O)O[C@H]2CC(C)=C[C@@H](O)[C@H]21. The molecule has 1 aliphatic carbocycles. The van der Waals surface area contributed by atoms with Crippen LogP contribution in [0, 0.1) is 11.8 Å². The number of hydrogen-bond donors (Lipinski definition) is 1. The first kappa shape index (κ1) is 13.3. The zero-order valence-corrected chi connectivity index (χ0v) is 11.3. The van der Waals surface area contributed by atoms with Crippen molar-refractivity contribution < 1.29 is 14.6 Å². The maximum atomic E-state index is 11.9. The van der Waals surface area contributed by atoms with E-state index >= 15 is 0 Å². The zero-order chi connectivity index (χ0) is 13.3. The van der Waals surface area contributed by atoms with Gasteiger partial charge in [-0.15, -0.1) is 0 Å². The maximum Gasteiger partial charge on any atom is 0.309 e. The first-order valence-corrected chi connectivity index (χ1v) is 6.68. The third kappa shape index (κ3) is 2.66. The van der Waals surface area contributed by atoms with Crippen LogP contribution in [0.3, 0.4) is 0 Å². The van der Waals surface area contributed by atoms with Crippen molar-refractivity contribution in [3.63, 3.8) is 0 Å². The molecule has 0 aromatic rings. The van der Waals surface area contributed by atoms with Crippen LogP contribution in [-0.2, 0) is 9.53 Å². The summed E-state index contributed by atoms with van der Waals surface area (Å²) < 4.78 is 5.42. The Morgan fingerprint density at radius 3 is 2.94 bits per heavy atom. The van der Waals surface area contributed by atoms with Gasteiger partial charge in [0.05, 0.1) is 12.0 Å². The highest BCUT2D eigenvalue weighted by atomic mass is 16.6. The van der Waals surface area contributed by atoms with Crippen molar-refractivity contribution in [1.29, 1.82) is 0 Å². The normalized spacial score (nSPS) is 34.7. The molecule has 1 aliphatic heterocycles. The van der Waals surface area contributed by atoms with Crippen LogP contribution in [-0.4, -0.2) is 23.3 Å². The van der Waals surface area contributed by atoms with Gasteiger partial charge < -0.3 is 9.84 Å². The average Bonchev–Trinajstić information content (AvgIpc) is 2.54. The first-order valence-electron chi connectivity index (χ1n) is 6.68. The highest BCUT2D eigenvalue weighted by Gasteiger charge is 2.48. The number of fused-ring (bicyclic) bond motifs is 1. The number of rotatable bonds is 3. The summed E-state index contributed by atoms with van der Waals surface area (Å²) in [5, 5.41) is 10.1. The third-order valence-electron chi connectivity index (χ3n) is 3.87. The molecule has 1 fully saturated rings. The molecule has 3 heteroatoms. The largest absolute Gasteiger partial charge is 0.461 e. The second kappa shape index (κ2) is 5.27. The molecule has 0 saturated carbocycles. The Bertz CT molecular complexity index is 391. The number of aliphatic hydroxyl groups is 1. The zero-order valence-electron chi connectivity index (χ0n) is 11.3. The molecule has 1 N–H and O–H groups in total. The lowest BCUT2D eigenvalue weighted by molar-refractivity contribution is -0.144. The maximum absolute atomic E-state index is 11.9. The molecule has 2 aliphatic rings. The molecule has 0 unspecified atom stereocenters.